The zero-order valence-corrected chi connectivity index (χ0v) is 16.9. The topological polar surface area (TPSA) is 35.5 Å². The molecule has 0 amide bonds. The number of aromatic hydroxyl groups is 1. The zero-order valence-electron chi connectivity index (χ0n) is 16.9. The van der Waals surface area contributed by atoms with Crippen LogP contribution in [0.1, 0.15) is 77.1 Å². The summed E-state index contributed by atoms with van der Waals surface area (Å²) in [4.78, 5) is 2.60. The first-order valence-corrected chi connectivity index (χ1v) is 9.91. The van der Waals surface area contributed by atoms with Gasteiger partial charge < -0.3 is 10.4 Å². The Kier molecular flexibility index (Phi) is 4.93. The summed E-state index contributed by atoms with van der Waals surface area (Å²) < 4.78 is 0. The minimum atomic E-state index is -0.0579. The van der Waals surface area contributed by atoms with E-state index in [1.807, 2.05) is 0 Å². The molecule has 1 atom stereocenters. The van der Waals surface area contributed by atoms with E-state index in [0.29, 0.717) is 17.7 Å². The summed E-state index contributed by atoms with van der Waals surface area (Å²) in [5, 5.41) is 14.7. The maximum absolute atomic E-state index is 11.3. The number of piperazine rings is 1. The van der Waals surface area contributed by atoms with Crippen molar-refractivity contribution >= 4 is 0 Å². The third-order valence-electron chi connectivity index (χ3n) is 5.75. The van der Waals surface area contributed by atoms with Gasteiger partial charge in [-0.1, -0.05) is 47.6 Å². The van der Waals surface area contributed by atoms with Gasteiger partial charge in [-0.25, -0.2) is 0 Å². The van der Waals surface area contributed by atoms with Gasteiger partial charge in [0.25, 0.3) is 0 Å². The molecule has 0 spiro atoms. The predicted molar refractivity (Wildman–Crippen MR) is 105 cm³/mol. The van der Waals surface area contributed by atoms with Crippen molar-refractivity contribution in [2.45, 2.75) is 71.3 Å². The molecule has 0 unspecified atom stereocenters. The van der Waals surface area contributed by atoms with Gasteiger partial charge in [0, 0.05) is 37.8 Å². The Balaban J connectivity index is 2.11. The number of phenols is 1. The zero-order chi connectivity index (χ0) is 18.4. The third kappa shape index (κ3) is 4.03. The molecule has 1 aromatic rings. The van der Waals surface area contributed by atoms with E-state index in [2.05, 4.69) is 63.9 Å². The molecule has 2 fully saturated rings. The van der Waals surface area contributed by atoms with Gasteiger partial charge in [-0.15, -0.1) is 0 Å². The molecule has 3 heteroatoms. The van der Waals surface area contributed by atoms with Crippen LogP contribution in [0, 0.1) is 5.92 Å². The quantitative estimate of drug-likeness (QED) is 0.856. The summed E-state index contributed by atoms with van der Waals surface area (Å²) in [6, 6.07) is 4.90. The molecule has 1 aliphatic heterocycles. The van der Waals surface area contributed by atoms with E-state index in [9.17, 15) is 5.11 Å². The normalized spacial score (nSPS) is 21.4. The second-order valence-corrected chi connectivity index (χ2v) is 10.0. The third-order valence-corrected chi connectivity index (χ3v) is 5.75. The Morgan fingerprint density at radius 1 is 1.00 bits per heavy atom. The average molecular weight is 345 g/mol. The molecule has 1 aliphatic carbocycles. The molecule has 1 saturated heterocycles. The highest BCUT2D eigenvalue weighted by Gasteiger charge is 2.39. The van der Waals surface area contributed by atoms with Crippen LogP contribution < -0.4 is 5.32 Å². The van der Waals surface area contributed by atoms with Crippen molar-refractivity contribution in [2.75, 3.05) is 26.2 Å². The molecular formula is C22H36N2O. The lowest BCUT2D eigenvalue weighted by Crippen LogP contribution is -2.45. The molecule has 0 bridgehead atoms. The number of nitrogens with one attached hydrogen (secondary N) is 1. The van der Waals surface area contributed by atoms with Crippen molar-refractivity contribution in [3.8, 4) is 5.75 Å². The van der Waals surface area contributed by atoms with Crippen LogP contribution in [0.25, 0.3) is 0 Å². The van der Waals surface area contributed by atoms with Crippen LogP contribution in [0.4, 0.5) is 0 Å². The van der Waals surface area contributed by atoms with Gasteiger partial charge in [0.15, 0.2) is 0 Å². The van der Waals surface area contributed by atoms with Crippen molar-refractivity contribution < 1.29 is 5.11 Å². The van der Waals surface area contributed by atoms with Crippen molar-refractivity contribution in [1.29, 1.82) is 0 Å². The Morgan fingerprint density at radius 3 is 2.08 bits per heavy atom. The predicted octanol–water partition coefficient (Wildman–Crippen LogP) is 4.34. The molecule has 3 rings (SSSR count). The van der Waals surface area contributed by atoms with Gasteiger partial charge in [-0.05, 0) is 46.8 Å². The fourth-order valence-corrected chi connectivity index (χ4v) is 4.01. The van der Waals surface area contributed by atoms with Crippen LogP contribution in [-0.2, 0) is 10.8 Å². The average Bonchev–Trinajstić information content (AvgIpc) is 3.33. The van der Waals surface area contributed by atoms with Crippen LogP contribution >= 0.6 is 0 Å². The van der Waals surface area contributed by atoms with E-state index in [1.165, 1.54) is 24.0 Å². The summed E-state index contributed by atoms with van der Waals surface area (Å²) in [7, 11) is 0. The second kappa shape index (κ2) is 6.59. The molecule has 3 nitrogen and oxygen atoms in total. The van der Waals surface area contributed by atoms with E-state index in [1.54, 1.807) is 0 Å². The summed E-state index contributed by atoms with van der Waals surface area (Å²) in [6.45, 7) is 17.7. The van der Waals surface area contributed by atoms with Crippen molar-refractivity contribution in [3.63, 3.8) is 0 Å². The van der Waals surface area contributed by atoms with Gasteiger partial charge in [0.05, 0.1) is 0 Å². The van der Waals surface area contributed by atoms with Gasteiger partial charge in [-0.2, -0.15) is 0 Å². The highest BCUT2D eigenvalue weighted by molar-refractivity contribution is 5.50. The van der Waals surface area contributed by atoms with E-state index >= 15 is 0 Å². The Labute approximate surface area is 153 Å². The van der Waals surface area contributed by atoms with Crippen LogP contribution in [-0.4, -0.2) is 36.2 Å². The monoisotopic (exact) mass is 344 g/mol. The first kappa shape index (κ1) is 18.7. The van der Waals surface area contributed by atoms with Crippen LogP contribution in [0.5, 0.6) is 5.75 Å². The minimum absolute atomic E-state index is 0.0579. The number of hydrogen-bond acceptors (Lipinski definition) is 3. The maximum atomic E-state index is 11.3. The van der Waals surface area contributed by atoms with Crippen LogP contribution in [0.15, 0.2) is 12.1 Å². The number of hydrogen-bond donors (Lipinski definition) is 2. The maximum Gasteiger partial charge on any atom is 0.124 e. The summed E-state index contributed by atoms with van der Waals surface area (Å²) in [6.07, 6.45) is 2.58. The fourth-order valence-electron chi connectivity index (χ4n) is 4.01. The first-order valence-electron chi connectivity index (χ1n) is 9.91. The molecule has 0 aromatic heterocycles. The van der Waals surface area contributed by atoms with Crippen LogP contribution in [0.2, 0.25) is 0 Å². The second-order valence-electron chi connectivity index (χ2n) is 10.0. The van der Waals surface area contributed by atoms with E-state index < -0.39 is 0 Å². The standard InChI is InChI=1S/C22H36N2O/c1-21(2,3)16-13-17(20(25)18(14-16)22(4,5)6)19(15-7-8-15)24-11-9-23-10-12-24/h13-15,19,23,25H,7-12H2,1-6H3/t19-/m1/s1. The molecule has 25 heavy (non-hydrogen) atoms. The summed E-state index contributed by atoms with van der Waals surface area (Å²) in [5.74, 6) is 1.24. The van der Waals surface area contributed by atoms with Gasteiger partial charge in [0.1, 0.15) is 5.75 Å². The number of nitrogens with zero attached hydrogens (tertiary/aromatic N) is 1. The number of phenolic OH excluding ortho intramolecular Hbond substituents is 1. The Bertz CT molecular complexity index is 614. The molecule has 1 saturated carbocycles. The first-order chi connectivity index (χ1) is 11.6. The van der Waals surface area contributed by atoms with Crippen LogP contribution in [0.3, 0.4) is 0 Å². The number of rotatable bonds is 3. The summed E-state index contributed by atoms with van der Waals surface area (Å²) >= 11 is 0. The molecule has 140 valence electrons. The highest BCUT2D eigenvalue weighted by atomic mass is 16.3. The molecule has 1 heterocycles. The largest absolute Gasteiger partial charge is 0.507 e. The lowest BCUT2D eigenvalue weighted by atomic mass is 9.77. The molecular weight excluding hydrogens is 308 g/mol. The number of benzene rings is 1. The molecule has 2 aliphatic rings. The van der Waals surface area contributed by atoms with Gasteiger partial charge in [-0.3, -0.25) is 4.90 Å². The molecule has 2 N–H and O–H groups in total. The van der Waals surface area contributed by atoms with E-state index in [-0.39, 0.29) is 10.8 Å². The lowest BCUT2D eigenvalue weighted by Gasteiger charge is -2.37. The van der Waals surface area contributed by atoms with E-state index in [0.717, 1.165) is 31.7 Å². The van der Waals surface area contributed by atoms with Crippen molar-refractivity contribution in [2.24, 2.45) is 5.92 Å². The SMILES string of the molecule is CC(C)(C)c1cc([C@@H](C2CC2)N2CCNCC2)c(O)c(C(C)(C)C)c1. The minimum Gasteiger partial charge on any atom is -0.507 e. The van der Waals surface area contributed by atoms with Gasteiger partial charge in [0.2, 0.25) is 0 Å². The fraction of sp³-hybridized carbons (Fsp3) is 0.727. The summed E-state index contributed by atoms with van der Waals surface area (Å²) in [5.41, 5.74) is 3.63. The Hall–Kier alpha value is -1.06. The Morgan fingerprint density at radius 2 is 1.60 bits per heavy atom. The molecule has 0 radical (unpaired) electrons. The lowest BCUT2D eigenvalue weighted by molar-refractivity contribution is 0.153. The van der Waals surface area contributed by atoms with Gasteiger partial charge >= 0.3 is 0 Å². The van der Waals surface area contributed by atoms with Crippen molar-refractivity contribution in [1.82, 2.24) is 10.2 Å². The highest BCUT2D eigenvalue weighted by Crippen LogP contribution is 2.49. The molecule has 1 aromatic carbocycles. The smallest absolute Gasteiger partial charge is 0.124 e. The van der Waals surface area contributed by atoms with Crippen molar-refractivity contribution in [3.05, 3.63) is 28.8 Å². The van der Waals surface area contributed by atoms with E-state index in [4.69, 9.17) is 0 Å².